The molecule has 2 atom stereocenters. The summed E-state index contributed by atoms with van der Waals surface area (Å²) in [5.74, 6) is 1.58. The zero-order valence-corrected chi connectivity index (χ0v) is 9.16. The number of rotatable bonds is 3. The third kappa shape index (κ3) is 3.02. The van der Waals surface area contributed by atoms with Crippen LogP contribution in [0.1, 0.15) is 6.42 Å². The first-order valence-electron chi connectivity index (χ1n) is 4.66. The molecule has 0 aromatic carbocycles. The number of hydrogen-bond donors (Lipinski definition) is 0. The molecule has 2 unspecified atom stereocenters. The fourth-order valence-corrected chi connectivity index (χ4v) is 1.71. The molecule has 0 bridgehead atoms. The molecule has 6 nitrogen and oxygen atoms in total. The predicted molar refractivity (Wildman–Crippen MR) is 53.0 cm³/mol. The monoisotopic (exact) mass is 246 g/mol. The topological polar surface area (TPSA) is 66.5 Å². The van der Waals surface area contributed by atoms with Crippen LogP contribution in [0.15, 0.2) is 0 Å². The summed E-state index contributed by atoms with van der Waals surface area (Å²) in [5.41, 5.74) is 0. The molecule has 0 amide bonds. The number of terminal acetylenes is 1. The predicted octanol–water partition coefficient (Wildman–Crippen LogP) is 0.868. The van der Waals surface area contributed by atoms with Crippen molar-refractivity contribution in [3.05, 3.63) is 0 Å². The second-order valence-electron chi connectivity index (χ2n) is 3.24. The van der Waals surface area contributed by atoms with Crippen molar-refractivity contribution in [2.75, 3.05) is 19.0 Å². The van der Waals surface area contributed by atoms with Crippen molar-refractivity contribution < 1.29 is 28.2 Å². The lowest BCUT2D eigenvalue weighted by atomic mass is 10.3. The summed E-state index contributed by atoms with van der Waals surface area (Å²) in [4.78, 5) is 20.2. The third-order valence-corrected chi connectivity index (χ3v) is 2.84. The Hall–Kier alpha value is -0.940. The van der Waals surface area contributed by atoms with E-state index >= 15 is 0 Å². The van der Waals surface area contributed by atoms with Crippen LogP contribution in [-0.4, -0.2) is 37.0 Å². The number of carbonyl (C=O) groups is 1. The summed E-state index contributed by atoms with van der Waals surface area (Å²) in [6, 6.07) is 0. The molecule has 2 aliphatic rings. The fourth-order valence-electron chi connectivity index (χ4n) is 1.02. The molecule has 0 radical (unpaired) electrons. The highest BCUT2D eigenvalue weighted by Crippen LogP contribution is 2.27. The van der Waals surface area contributed by atoms with Crippen LogP contribution in [-0.2, 0) is 23.4 Å². The molecule has 0 aromatic heterocycles. The Bertz CT molecular complexity index is 302. The van der Waals surface area contributed by atoms with E-state index in [4.69, 9.17) is 20.1 Å². The highest BCUT2D eigenvalue weighted by atomic mass is 32.2. The van der Waals surface area contributed by atoms with Crippen molar-refractivity contribution in [1.29, 1.82) is 0 Å². The van der Waals surface area contributed by atoms with Gasteiger partial charge in [0.25, 0.3) is 5.79 Å². The molecule has 2 heterocycles. The number of epoxide rings is 1. The molecule has 2 saturated heterocycles. The first-order valence-corrected chi connectivity index (χ1v) is 5.58. The summed E-state index contributed by atoms with van der Waals surface area (Å²) >= 11 is 1.25. The van der Waals surface area contributed by atoms with Gasteiger partial charge in [-0.15, -0.1) is 11.3 Å². The second-order valence-corrected chi connectivity index (χ2v) is 4.04. The van der Waals surface area contributed by atoms with E-state index in [1.807, 2.05) is 0 Å². The van der Waals surface area contributed by atoms with Gasteiger partial charge in [0, 0.05) is 6.42 Å². The van der Waals surface area contributed by atoms with Crippen molar-refractivity contribution in [2.45, 2.75) is 18.3 Å². The summed E-state index contributed by atoms with van der Waals surface area (Å²) in [5, 5.41) is 0. The van der Waals surface area contributed by atoms with Crippen molar-refractivity contribution in [2.24, 2.45) is 0 Å². The minimum atomic E-state index is -1.20. The van der Waals surface area contributed by atoms with Crippen LogP contribution in [0.25, 0.3) is 0 Å². The summed E-state index contributed by atoms with van der Waals surface area (Å²) in [7, 11) is 0. The van der Waals surface area contributed by atoms with Gasteiger partial charge < -0.3 is 13.7 Å². The third-order valence-electron chi connectivity index (χ3n) is 1.99. The second kappa shape index (κ2) is 4.93. The van der Waals surface area contributed by atoms with E-state index in [-0.39, 0.29) is 12.7 Å². The first-order chi connectivity index (χ1) is 7.74. The molecule has 2 aliphatic heterocycles. The lowest BCUT2D eigenvalue weighted by Gasteiger charge is -2.20. The molecule has 2 rings (SSSR count). The maximum Gasteiger partial charge on any atom is 0.540 e. The van der Waals surface area contributed by atoms with Gasteiger partial charge in [0.05, 0.1) is 12.4 Å². The molecule has 0 spiro atoms. The zero-order valence-electron chi connectivity index (χ0n) is 8.34. The number of carbonyl (C=O) groups excluding carboxylic acids is 1. The van der Waals surface area contributed by atoms with Gasteiger partial charge in [0.1, 0.15) is 12.7 Å². The van der Waals surface area contributed by atoms with E-state index in [9.17, 15) is 4.79 Å². The maximum atomic E-state index is 11.2. The van der Waals surface area contributed by atoms with E-state index in [0.717, 1.165) is 0 Å². The molecular formula is C9H10O6S. The minimum Gasteiger partial charge on any atom is -0.428 e. The van der Waals surface area contributed by atoms with E-state index in [2.05, 4.69) is 15.7 Å². The molecule has 88 valence electrons. The SMILES string of the molecule is C#CC1(OOC(=O)OC2CCOSC2)CO1. The van der Waals surface area contributed by atoms with Crippen LogP contribution in [0.4, 0.5) is 4.79 Å². The Morgan fingerprint density at radius 1 is 1.62 bits per heavy atom. The average Bonchev–Trinajstić information content (AvgIpc) is 3.09. The molecule has 0 N–H and O–H groups in total. The van der Waals surface area contributed by atoms with Crippen LogP contribution in [0.3, 0.4) is 0 Å². The van der Waals surface area contributed by atoms with Gasteiger partial charge in [0.2, 0.25) is 0 Å². The van der Waals surface area contributed by atoms with E-state index in [0.29, 0.717) is 18.8 Å². The molecule has 0 saturated carbocycles. The molecular weight excluding hydrogens is 236 g/mol. The van der Waals surface area contributed by atoms with Gasteiger partial charge >= 0.3 is 6.16 Å². The smallest absolute Gasteiger partial charge is 0.428 e. The zero-order chi connectivity index (χ0) is 11.4. The molecule has 0 aliphatic carbocycles. The number of hydrogen-bond acceptors (Lipinski definition) is 7. The first kappa shape index (κ1) is 11.5. The van der Waals surface area contributed by atoms with Gasteiger partial charge in [-0.25, -0.2) is 4.79 Å². The van der Waals surface area contributed by atoms with Crippen molar-refractivity contribution in [3.63, 3.8) is 0 Å². The highest BCUT2D eigenvalue weighted by molar-refractivity contribution is 7.94. The Morgan fingerprint density at radius 2 is 2.44 bits per heavy atom. The van der Waals surface area contributed by atoms with Gasteiger partial charge in [-0.3, -0.25) is 4.89 Å². The quantitative estimate of drug-likeness (QED) is 0.183. The lowest BCUT2D eigenvalue weighted by molar-refractivity contribution is -0.306. The normalized spacial score (nSPS) is 32.6. The highest BCUT2D eigenvalue weighted by Gasteiger charge is 2.48. The Labute approximate surface area is 96.6 Å². The van der Waals surface area contributed by atoms with Gasteiger partial charge in [-0.1, -0.05) is 0 Å². The number of ether oxygens (including phenoxy) is 2. The Balaban J connectivity index is 1.66. The average molecular weight is 246 g/mol. The van der Waals surface area contributed by atoms with E-state index in [1.165, 1.54) is 12.0 Å². The summed E-state index contributed by atoms with van der Waals surface area (Å²) < 4.78 is 14.7. The molecule has 2 fully saturated rings. The van der Waals surface area contributed by atoms with Gasteiger partial charge in [-0.05, 0) is 18.0 Å². The molecule has 7 heteroatoms. The van der Waals surface area contributed by atoms with Gasteiger partial charge in [0.15, 0.2) is 0 Å². The van der Waals surface area contributed by atoms with Crippen LogP contribution in [0.2, 0.25) is 0 Å². The van der Waals surface area contributed by atoms with Crippen LogP contribution in [0.5, 0.6) is 0 Å². The largest absolute Gasteiger partial charge is 0.540 e. The van der Waals surface area contributed by atoms with Crippen molar-refractivity contribution >= 4 is 18.2 Å². The van der Waals surface area contributed by atoms with Crippen LogP contribution in [0, 0.1) is 12.3 Å². The maximum absolute atomic E-state index is 11.2. The van der Waals surface area contributed by atoms with Gasteiger partial charge in [-0.2, -0.15) is 0 Å². The Morgan fingerprint density at radius 3 is 3.00 bits per heavy atom. The lowest BCUT2D eigenvalue weighted by Crippen LogP contribution is -2.27. The summed E-state index contributed by atoms with van der Waals surface area (Å²) in [6.45, 7) is 0.755. The summed E-state index contributed by atoms with van der Waals surface area (Å²) in [6.07, 6.45) is 4.58. The molecule has 0 aromatic rings. The van der Waals surface area contributed by atoms with Crippen LogP contribution >= 0.6 is 12.0 Å². The molecule has 16 heavy (non-hydrogen) atoms. The van der Waals surface area contributed by atoms with Crippen molar-refractivity contribution in [1.82, 2.24) is 0 Å². The standard InChI is InChI=1S/C9H10O6S/c1-2-9(6-11-9)15-14-8(10)13-7-3-4-12-16-5-7/h1,7H,3-6H2. The van der Waals surface area contributed by atoms with E-state index < -0.39 is 11.9 Å². The van der Waals surface area contributed by atoms with Crippen LogP contribution < -0.4 is 0 Å². The Kier molecular flexibility index (Phi) is 3.56. The minimum absolute atomic E-state index is 0.212. The van der Waals surface area contributed by atoms with Crippen molar-refractivity contribution in [3.8, 4) is 12.3 Å². The fraction of sp³-hybridized carbons (Fsp3) is 0.667. The van der Waals surface area contributed by atoms with E-state index in [1.54, 1.807) is 0 Å².